The van der Waals surface area contributed by atoms with Crippen molar-refractivity contribution in [3.63, 3.8) is 0 Å². The molecule has 1 heterocycles. The normalized spacial score (nSPS) is 22.9. The highest BCUT2D eigenvalue weighted by atomic mass is 19.4. The molecule has 0 spiro atoms. The molecule has 1 aliphatic heterocycles. The summed E-state index contributed by atoms with van der Waals surface area (Å²) in [5.74, 6) is -2.83. The van der Waals surface area contributed by atoms with Crippen molar-refractivity contribution >= 4 is 17.6 Å². The molecule has 1 atom stereocenters. The maximum atomic E-state index is 12.9. The second-order valence-corrected chi connectivity index (χ2v) is 7.41. The van der Waals surface area contributed by atoms with E-state index in [4.69, 9.17) is 4.74 Å². The SMILES string of the molecule is CC(C)(C)OC(=O)C(=O)N1N=C(C(F)(F)F)C[C@@]1(O)C(C)(C)C. The highest BCUT2D eigenvalue weighted by Crippen LogP contribution is 2.43. The molecule has 0 aliphatic carbocycles. The molecule has 1 rings (SSSR count). The van der Waals surface area contributed by atoms with Gasteiger partial charge in [0, 0.05) is 11.8 Å². The minimum Gasteiger partial charge on any atom is -0.453 e. The standard InChI is InChI=1S/C14H21F3N2O4/c1-11(2,3)13(22)7-8(14(15,16)17)18-19(13)9(20)10(21)23-12(4,5)6/h22H,7H2,1-6H3/t13-/m1/s1. The van der Waals surface area contributed by atoms with E-state index in [2.05, 4.69) is 5.10 Å². The van der Waals surface area contributed by atoms with Gasteiger partial charge in [-0.2, -0.15) is 23.3 Å². The Labute approximate surface area is 132 Å². The van der Waals surface area contributed by atoms with Crippen molar-refractivity contribution in [1.29, 1.82) is 0 Å². The lowest BCUT2D eigenvalue weighted by Gasteiger charge is -2.41. The average Bonchev–Trinajstić information content (AvgIpc) is 2.64. The third-order valence-corrected chi connectivity index (χ3v) is 3.28. The third kappa shape index (κ3) is 4.01. The van der Waals surface area contributed by atoms with Gasteiger partial charge in [0.2, 0.25) is 0 Å². The van der Waals surface area contributed by atoms with E-state index in [0.29, 0.717) is 0 Å². The van der Waals surface area contributed by atoms with Crippen molar-refractivity contribution in [1.82, 2.24) is 5.01 Å². The topological polar surface area (TPSA) is 79.2 Å². The molecule has 0 aromatic heterocycles. The van der Waals surface area contributed by atoms with Gasteiger partial charge in [-0.25, -0.2) is 4.79 Å². The van der Waals surface area contributed by atoms with Crippen LogP contribution in [0.5, 0.6) is 0 Å². The van der Waals surface area contributed by atoms with Crippen LogP contribution in [0, 0.1) is 5.41 Å². The van der Waals surface area contributed by atoms with Crippen LogP contribution < -0.4 is 0 Å². The fourth-order valence-corrected chi connectivity index (χ4v) is 1.91. The Morgan fingerprint density at radius 2 is 1.65 bits per heavy atom. The maximum Gasteiger partial charge on any atom is 0.431 e. The molecule has 0 aromatic rings. The smallest absolute Gasteiger partial charge is 0.431 e. The van der Waals surface area contributed by atoms with E-state index in [9.17, 15) is 27.9 Å². The first kappa shape index (κ1) is 19.4. The highest BCUT2D eigenvalue weighted by Gasteiger charge is 2.58. The number of halogens is 3. The summed E-state index contributed by atoms with van der Waals surface area (Å²) in [6.45, 7) is 8.83. The van der Waals surface area contributed by atoms with Gasteiger partial charge in [0.15, 0.2) is 5.72 Å². The number of hydrogen-bond donors (Lipinski definition) is 1. The first-order valence-corrected chi connectivity index (χ1v) is 6.93. The minimum absolute atomic E-state index is 0.184. The lowest BCUT2D eigenvalue weighted by molar-refractivity contribution is -0.194. The number of hydrazone groups is 1. The van der Waals surface area contributed by atoms with Gasteiger partial charge in [0.25, 0.3) is 0 Å². The second kappa shape index (κ2) is 5.47. The summed E-state index contributed by atoms with van der Waals surface area (Å²) >= 11 is 0. The molecule has 0 radical (unpaired) electrons. The second-order valence-electron chi connectivity index (χ2n) is 7.41. The molecular formula is C14H21F3N2O4. The summed E-state index contributed by atoms with van der Waals surface area (Å²) in [4.78, 5) is 24.0. The fraction of sp³-hybridized carbons (Fsp3) is 0.786. The van der Waals surface area contributed by atoms with E-state index in [1.54, 1.807) is 0 Å². The summed E-state index contributed by atoms with van der Waals surface area (Å²) in [5, 5.41) is 14.0. The van der Waals surface area contributed by atoms with Crippen LogP contribution in [0.1, 0.15) is 48.0 Å². The van der Waals surface area contributed by atoms with Crippen LogP contribution in [0.2, 0.25) is 0 Å². The number of carbonyl (C=O) groups excluding carboxylic acids is 2. The van der Waals surface area contributed by atoms with Crippen LogP contribution in [0.15, 0.2) is 5.10 Å². The van der Waals surface area contributed by atoms with Crippen LogP contribution in [0.4, 0.5) is 13.2 Å². The van der Waals surface area contributed by atoms with E-state index in [1.807, 2.05) is 0 Å². The maximum absolute atomic E-state index is 12.9. The van der Waals surface area contributed by atoms with E-state index in [0.717, 1.165) is 0 Å². The Morgan fingerprint density at radius 3 is 2.00 bits per heavy atom. The fourth-order valence-electron chi connectivity index (χ4n) is 1.91. The van der Waals surface area contributed by atoms with Crippen molar-refractivity contribution in [2.24, 2.45) is 10.5 Å². The Balaban J connectivity index is 3.24. The van der Waals surface area contributed by atoms with Gasteiger partial charge in [-0.15, -0.1) is 0 Å². The Morgan fingerprint density at radius 1 is 1.17 bits per heavy atom. The van der Waals surface area contributed by atoms with Crippen molar-refractivity contribution in [2.45, 2.75) is 65.5 Å². The Bertz CT molecular complexity index is 544. The molecule has 132 valence electrons. The highest BCUT2D eigenvalue weighted by molar-refractivity contribution is 6.33. The number of amides is 1. The van der Waals surface area contributed by atoms with Crippen LogP contribution in [-0.2, 0) is 14.3 Å². The summed E-state index contributed by atoms with van der Waals surface area (Å²) in [6.07, 6.45) is -5.74. The predicted octanol–water partition coefficient (Wildman–Crippen LogP) is 2.21. The lowest BCUT2D eigenvalue weighted by atomic mass is 9.80. The molecule has 0 saturated heterocycles. The number of hydrogen-bond acceptors (Lipinski definition) is 5. The van der Waals surface area contributed by atoms with Gasteiger partial charge in [-0.1, -0.05) is 20.8 Å². The number of carbonyl (C=O) groups is 2. The largest absolute Gasteiger partial charge is 0.453 e. The first-order valence-electron chi connectivity index (χ1n) is 6.93. The van der Waals surface area contributed by atoms with E-state index in [-0.39, 0.29) is 5.01 Å². The van der Waals surface area contributed by atoms with Crippen molar-refractivity contribution in [3.05, 3.63) is 0 Å². The monoisotopic (exact) mass is 338 g/mol. The van der Waals surface area contributed by atoms with E-state index >= 15 is 0 Å². The Kier molecular flexibility index (Phi) is 4.61. The molecule has 0 bridgehead atoms. The molecule has 1 amide bonds. The molecule has 23 heavy (non-hydrogen) atoms. The van der Waals surface area contributed by atoms with E-state index in [1.165, 1.54) is 41.5 Å². The molecule has 1 aliphatic rings. The number of aliphatic hydroxyl groups is 1. The van der Waals surface area contributed by atoms with Crippen molar-refractivity contribution in [3.8, 4) is 0 Å². The van der Waals surface area contributed by atoms with Gasteiger partial charge < -0.3 is 9.84 Å². The average molecular weight is 338 g/mol. The molecule has 9 heteroatoms. The van der Waals surface area contributed by atoms with Crippen molar-refractivity contribution in [2.75, 3.05) is 0 Å². The van der Waals surface area contributed by atoms with Gasteiger partial charge in [0.05, 0.1) is 0 Å². The zero-order valence-electron chi connectivity index (χ0n) is 13.9. The predicted molar refractivity (Wildman–Crippen MR) is 75.2 cm³/mol. The van der Waals surface area contributed by atoms with Gasteiger partial charge in [0.1, 0.15) is 11.3 Å². The zero-order valence-corrected chi connectivity index (χ0v) is 13.9. The summed E-state index contributed by atoms with van der Waals surface area (Å²) in [7, 11) is 0. The van der Waals surface area contributed by atoms with Gasteiger partial charge in [-0.3, -0.25) is 4.79 Å². The molecule has 0 fully saturated rings. The number of nitrogens with zero attached hydrogens (tertiary/aromatic N) is 2. The van der Waals surface area contributed by atoms with Crippen LogP contribution in [0.25, 0.3) is 0 Å². The third-order valence-electron chi connectivity index (χ3n) is 3.28. The Hall–Kier alpha value is -1.64. The first-order chi connectivity index (χ1) is 9.99. The quantitative estimate of drug-likeness (QED) is 0.542. The molecule has 0 aromatic carbocycles. The van der Waals surface area contributed by atoms with E-state index < -0.39 is 46.9 Å². The van der Waals surface area contributed by atoms with Gasteiger partial charge in [-0.05, 0) is 20.8 Å². The minimum atomic E-state index is -4.82. The molecular weight excluding hydrogens is 317 g/mol. The summed E-state index contributed by atoms with van der Waals surface area (Å²) < 4.78 is 43.6. The number of esters is 1. The summed E-state index contributed by atoms with van der Waals surface area (Å²) in [6, 6.07) is 0. The number of alkyl halides is 3. The molecule has 1 N–H and O–H groups in total. The van der Waals surface area contributed by atoms with Crippen LogP contribution >= 0.6 is 0 Å². The number of rotatable bonds is 0. The molecule has 0 unspecified atom stereocenters. The van der Waals surface area contributed by atoms with Crippen LogP contribution in [0.3, 0.4) is 0 Å². The lowest BCUT2D eigenvalue weighted by Crippen LogP contribution is -2.57. The van der Waals surface area contributed by atoms with Gasteiger partial charge >= 0.3 is 18.1 Å². The molecule has 6 nitrogen and oxygen atoms in total. The molecule has 0 saturated carbocycles. The summed E-state index contributed by atoms with van der Waals surface area (Å²) in [5.41, 5.74) is -5.80. The number of ether oxygens (including phenoxy) is 1. The van der Waals surface area contributed by atoms with Crippen molar-refractivity contribution < 1.29 is 32.6 Å². The van der Waals surface area contributed by atoms with Crippen LogP contribution in [-0.4, -0.2) is 45.2 Å². The zero-order chi connectivity index (χ0) is 18.4.